The van der Waals surface area contributed by atoms with Gasteiger partial charge in [0.2, 0.25) is 0 Å². The van der Waals surface area contributed by atoms with E-state index in [2.05, 4.69) is 27.7 Å². The summed E-state index contributed by atoms with van der Waals surface area (Å²) in [5.41, 5.74) is 1.31. The van der Waals surface area contributed by atoms with Crippen molar-refractivity contribution in [3.8, 4) is 0 Å². The molecule has 0 aromatic rings. The third kappa shape index (κ3) is 5.00. The number of esters is 1. The number of rotatable bonds is 5. The molecule has 0 radical (unpaired) electrons. The number of carboxylic acid groups (broad SMARTS) is 1. The van der Waals surface area contributed by atoms with Gasteiger partial charge >= 0.3 is 35.5 Å². The van der Waals surface area contributed by atoms with Crippen LogP contribution in [0.2, 0.25) is 0 Å². The normalized spacial score (nSPS) is 45.0. The summed E-state index contributed by atoms with van der Waals surface area (Å²) in [6.45, 7) is 14.4. The predicted molar refractivity (Wildman–Crippen MR) is 140 cm³/mol. The van der Waals surface area contributed by atoms with Crippen LogP contribution in [0.1, 0.15) is 99.8 Å². The van der Waals surface area contributed by atoms with Gasteiger partial charge in [-0.2, -0.15) is 0 Å². The first-order chi connectivity index (χ1) is 17.2. The molecule has 4 aliphatic rings. The number of aliphatic hydroxyl groups is 2. The molecule has 4 aliphatic carbocycles. The van der Waals surface area contributed by atoms with Crippen LogP contribution in [0.25, 0.3) is 0 Å². The van der Waals surface area contributed by atoms with Crippen LogP contribution >= 0.6 is 0 Å². The maximum absolute atomic E-state index is 12.5. The van der Waals surface area contributed by atoms with Crippen molar-refractivity contribution in [2.45, 2.75) is 118 Å². The van der Waals surface area contributed by atoms with Gasteiger partial charge < -0.3 is 24.9 Å². The summed E-state index contributed by atoms with van der Waals surface area (Å²) in [5, 5.41) is 35.0. The average molecular weight is 539 g/mol. The Bertz CT molecular complexity index is 1000. The number of aliphatic carboxylic acids is 1. The van der Waals surface area contributed by atoms with Gasteiger partial charge in [-0.25, -0.2) is 0 Å². The van der Waals surface area contributed by atoms with Crippen molar-refractivity contribution in [1.29, 1.82) is 0 Å². The molecule has 10 atom stereocenters. The molecule has 0 heterocycles. The van der Waals surface area contributed by atoms with Crippen LogP contribution in [-0.4, -0.2) is 40.5 Å². The van der Waals surface area contributed by atoms with E-state index in [4.69, 9.17) is 4.74 Å². The van der Waals surface area contributed by atoms with E-state index in [9.17, 15) is 24.9 Å². The molecule has 4 saturated carbocycles. The Morgan fingerprint density at radius 1 is 1.05 bits per heavy atom. The van der Waals surface area contributed by atoms with Crippen molar-refractivity contribution >= 4 is 11.9 Å². The van der Waals surface area contributed by atoms with E-state index in [1.54, 1.807) is 0 Å². The zero-order valence-corrected chi connectivity index (χ0v) is 26.8. The van der Waals surface area contributed by atoms with Crippen molar-refractivity contribution in [3.63, 3.8) is 0 Å². The first kappa shape index (κ1) is 31.9. The standard InChI is InChI=1S/C31H48O6.Na/c1-17(2)9-8-10-20(28(35)36)26-22-15-24(34)27-29(5)13-12-23(33)18(3)21(29)11-14-30(27,6)31(22,7)16-25(26)37-19(4)32;/h9,18,21-25,27,33-34H,8,10-16H2,1-7H3,(H,35,36);/q;+1/p-1/b26-20-;/t18-,21+,22+,23+,24+,25-,27-,29-,30-,31-;/m0./s1. The topological polar surface area (TPSA) is 107 Å². The van der Waals surface area contributed by atoms with Crippen molar-refractivity contribution in [2.75, 3.05) is 0 Å². The number of hydrogen-bond donors (Lipinski definition) is 2. The summed E-state index contributed by atoms with van der Waals surface area (Å²) in [7, 11) is 0. The third-order valence-electron chi connectivity index (χ3n) is 11.6. The Balaban J connectivity index is 0.00000400. The number of hydrogen-bond acceptors (Lipinski definition) is 6. The molecular formula is C31H47NaO6. The van der Waals surface area contributed by atoms with Crippen LogP contribution in [0.4, 0.5) is 0 Å². The van der Waals surface area contributed by atoms with Gasteiger partial charge in [0.25, 0.3) is 0 Å². The Morgan fingerprint density at radius 3 is 2.29 bits per heavy atom. The molecule has 0 spiro atoms. The molecule has 0 aromatic heterocycles. The van der Waals surface area contributed by atoms with E-state index >= 15 is 0 Å². The van der Waals surface area contributed by atoms with E-state index < -0.39 is 24.1 Å². The van der Waals surface area contributed by atoms with Crippen LogP contribution in [-0.2, 0) is 14.3 Å². The SMILES string of the molecule is CC(=O)O[C@H]1C[C@@]2(C)[C@H](C[C@@H](O)[C@H]3[C@@]4(C)CC[C@@H](O)[C@@H](C)[C@H]4CC[C@@]32C)/C1=C(\CCC=C(C)C)C(=O)[O-].[Na+]. The van der Waals surface area contributed by atoms with E-state index in [1.165, 1.54) is 6.92 Å². The second-order valence-corrected chi connectivity index (χ2v) is 13.6. The summed E-state index contributed by atoms with van der Waals surface area (Å²) in [6.07, 6.45) is 5.92. The summed E-state index contributed by atoms with van der Waals surface area (Å²) in [6, 6.07) is 0. The Kier molecular flexibility index (Phi) is 9.49. The van der Waals surface area contributed by atoms with Crippen molar-refractivity contribution in [2.24, 2.45) is 39.9 Å². The van der Waals surface area contributed by atoms with Crippen LogP contribution in [0, 0.1) is 39.9 Å². The minimum atomic E-state index is -1.20. The van der Waals surface area contributed by atoms with Crippen LogP contribution in [0.15, 0.2) is 22.8 Å². The first-order valence-electron chi connectivity index (χ1n) is 14.3. The number of ether oxygens (including phenoxy) is 1. The van der Waals surface area contributed by atoms with Crippen LogP contribution < -0.4 is 34.7 Å². The largest absolute Gasteiger partial charge is 1.00 e. The van der Waals surface area contributed by atoms with E-state index in [-0.39, 0.29) is 75.2 Å². The zero-order valence-electron chi connectivity index (χ0n) is 24.8. The number of fused-ring (bicyclic) bond motifs is 5. The van der Waals surface area contributed by atoms with Crippen molar-refractivity contribution < 1.29 is 59.2 Å². The molecular weight excluding hydrogens is 491 g/mol. The van der Waals surface area contributed by atoms with Gasteiger partial charge in [0.05, 0.1) is 18.2 Å². The smallest absolute Gasteiger partial charge is 0.545 e. The summed E-state index contributed by atoms with van der Waals surface area (Å²) < 4.78 is 5.84. The Labute approximate surface area is 251 Å². The van der Waals surface area contributed by atoms with E-state index in [0.29, 0.717) is 37.2 Å². The van der Waals surface area contributed by atoms with Crippen LogP contribution in [0.5, 0.6) is 0 Å². The fraction of sp³-hybridized carbons (Fsp3) is 0.806. The molecule has 38 heavy (non-hydrogen) atoms. The molecule has 4 rings (SSSR count). The zero-order chi connectivity index (χ0) is 27.5. The minimum absolute atomic E-state index is 0. The monoisotopic (exact) mass is 538 g/mol. The second kappa shape index (κ2) is 11.3. The molecule has 0 aromatic carbocycles. The van der Waals surface area contributed by atoms with Gasteiger partial charge in [-0.3, -0.25) is 4.79 Å². The summed E-state index contributed by atoms with van der Waals surface area (Å²) in [4.78, 5) is 24.7. The third-order valence-corrected chi connectivity index (χ3v) is 11.6. The quantitative estimate of drug-likeness (QED) is 0.237. The van der Waals surface area contributed by atoms with E-state index in [0.717, 1.165) is 31.3 Å². The molecule has 6 nitrogen and oxygen atoms in total. The van der Waals surface area contributed by atoms with Gasteiger partial charge in [-0.05, 0) is 116 Å². The second-order valence-electron chi connectivity index (χ2n) is 13.6. The molecule has 0 amide bonds. The average Bonchev–Trinajstić information content (AvgIpc) is 3.05. The van der Waals surface area contributed by atoms with Crippen molar-refractivity contribution in [1.82, 2.24) is 0 Å². The van der Waals surface area contributed by atoms with Gasteiger partial charge in [-0.1, -0.05) is 39.3 Å². The summed E-state index contributed by atoms with van der Waals surface area (Å²) in [5.74, 6) is -1.25. The van der Waals surface area contributed by atoms with Crippen LogP contribution in [0.3, 0.4) is 0 Å². The first-order valence-corrected chi connectivity index (χ1v) is 14.3. The minimum Gasteiger partial charge on any atom is -0.545 e. The maximum atomic E-state index is 12.5. The molecule has 0 bridgehead atoms. The number of carbonyl (C=O) groups excluding carboxylic acids is 2. The van der Waals surface area contributed by atoms with E-state index in [1.807, 2.05) is 19.9 Å². The van der Waals surface area contributed by atoms with Gasteiger partial charge in [0, 0.05) is 6.92 Å². The van der Waals surface area contributed by atoms with Gasteiger partial charge in [0.1, 0.15) is 6.10 Å². The van der Waals surface area contributed by atoms with Gasteiger partial charge in [-0.15, -0.1) is 0 Å². The number of aliphatic hydroxyl groups excluding tert-OH is 2. The summed E-state index contributed by atoms with van der Waals surface area (Å²) >= 11 is 0. The molecule has 7 heteroatoms. The predicted octanol–water partition coefficient (Wildman–Crippen LogP) is 1.34. The molecule has 208 valence electrons. The maximum Gasteiger partial charge on any atom is 1.00 e. The fourth-order valence-corrected chi connectivity index (χ4v) is 9.78. The van der Waals surface area contributed by atoms with Crippen molar-refractivity contribution in [3.05, 3.63) is 22.8 Å². The van der Waals surface area contributed by atoms with Gasteiger partial charge in [0.15, 0.2) is 0 Å². The molecule has 0 saturated heterocycles. The number of carboxylic acids is 1. The molecule has 4 fully saturated rings. The number of carbonyl (C=O) groups is 2. The fourth-order valence-electron chi connectivity index (χ4n) is 9.78. The number of allylic oxidation sites excluding steroid dienone is 2. The Hall–Kier alpha value is -0.660. The Morgan fingerprint density at radius 2 is 1.71 bits per heavy atom. The molecule has 0 aliphatic heterocycles. The molecule has 0 unspecified atom stereocenters. The molecule has 2 N–H and O–H groups in total.